The van der Waals surface area contributed by atoms with E-state index < -0.39 is 6.03 Å². The summed E-state index contributed by atoms with van der Waals surface area (Å²) < 4.78 is 0. The molecule has 3 amide bonds. The van der Waals surface area contributed by atoms with Gasteiger partial charge in [0.05, 0.1) is 5.57 Å². The molecule has 1 aromatic heterocycles. The van der Waals surface area contributed by atoms with E-state index in [0.717, 1.165) is 10.5 Å². The number of amides is 3. The summed E-state index contributed by atoms with van der Waals surface area (Å²) in [6.07, 6.45) is 3.17. The molecule has 0 aliphatic carbocycles. The quantitative estimate of drug-likeness (QED) is 0.737. The monoisotopic (exact) mass is 232 g/mol. The highest BCUT2D eigenvalue weighted by atomic mass is 16.2. The molecule has 17 heavy (non-hydrogen) atoms. The largest absolute Gasteiger partial charge is 0.350 e. The second kappa shape index (κ2) is 3.97. The highest BCUT2D eigenvalue weighted by Gasteiger charge is 2.32. The van der Waals surface area contributed by atoms with Crippen LogP contribution in [0.15, 0.2) is 28.5 Å². The molecule has 88 valence electrons. The third-order valence-electron chi connectivity index (χ3n) is 2.47. The molecule has 0 saturated heterocycles. The zero-order valence-electron chi connectivity index (χ0n) is 9.81. The number of aromatic amines is 1. The molecule has 0 fully saturated rings. The van der Waals surface area contributed by atoms with E-state index in [1.807, 2.05) is 0 Å². The first-order valence-electron chi connectivity index (χ1n) is 5.10. The molecule has 0 spiro atoms. The Labute approximate surface area is 98.1 Å². The van der Waals surface area contributed by atoms with Crippen LogP contribution in [0.3, 0.4) is 0 Å². The Kier molecular flexibility index (Phi) is 2.63. The molecule has 6 heteroatoms. The summed E-state index contributed by atoms with van der Waals surface area (Å²) >= 11 is 0. The van der Waals surface area contributed by atoms with Crippen LogP contribution in [-0.4, -0.2) is 39.6 Å². The molecule has 0 saturated carbocycles. The Morgan fingerprint density at radius 3 is 2.59 bits per heavy atom. The van der Waals surface area contributed by atoms with Gasteiger partial charge in [0.15, 0.2) is 5.82 Å². The fourth-order valence-electron chi connectivity index (χ4n) is 1.60. The number of nitrogens with zero attached hydrogens (tertiary/aromatic N) is 3. The maximum atomic E-state index is 12.0. The van der Waals surface area contributed by atoms with E-state index in [4.69, 9.17) is 0 Å². The minimum absolute atomic E-state index is 0.308. The van der Waals surface area contributed by atoms with Crippen molar-refractivity contribution in [2.24, 2.45) is 4.99 Å². The van der Waals surface area contributed by atoms with Gasteiger partial charge in [-0.1, -0.05) is 5.57 Å². The van der Waals surface area contributed by atoms with Gasteiger partial charge in [0.1, 0.15) is 5.71 Å². The molecule has 1 aliphatic heterocycles. The number of nitrogens with one attached hydrogen (secondary N) is 1. The highest BCUT2D eigenvalue weighted by Crippen LogP contribution is 2.18. The minimum Gasteiger partial charge on any atom is -0.343 e. The van der Waals surface area contributed by atoms with E-state index in [0.29, 0.717) is 17.1 Å². The van der Waals surface area contributed by atoms with Gasteiger partial charge in [-0.2, -0.15) is 4.99 Å². The van der Waals surface area contributed by atoms with Gasteiger partial charge in [0.2, 0.25) is 0 Å². The molecule has 0 radical (unpaired) electrons. The van der Waals surface area contributed by atoms with Crippen molar-refractivity contribution in [1.29, 1.82) is 0 Å². The number of aliphatic imine (C=N–C) groups is 1. The number of carbonyl (C=O) groups is 2. The lowest BCUT2D eigenvalue weighted by molar-refractivity contribution is -0.122. The number of urea groups is 1. The van der Waals surface area contributed by atoms with Crippen LogP contribution in [0.4, 0.5) is 4.79 Å². The Hall–Kier alpha value is -2.24. The number of aromatic nitrogens is 2. The number of carbonyl (C=O) groups excluding carboxylic acids is 2. The molecule has 0 bridgehead atoms. The van der Waals surface area contributed by atoms with Crippen molar-refractivity contribution in [3.63, 3.8) is 0 Å². The molecular formula is C11H12N4O2. The lowest BCUT2D eigenvalue weighted by Crippen LogP contribution is -2.40. The zero-order chi connectivity index (χ0) is 12.6. The number of likely N-dealkylation sites (N-methyl/N-ethyl adjacent to an activating group) is 1. The standard InChI is InChI=1S/C11H12N4O2/c1-6(2)7-8(9-12-4-5-13-9)14-11(17)15(3)10(7)16/h4-5H,1-3H3,(H,12,13). The molecule has 6 nitrogen and oxygen atoms in total. The van der Waals surface area contributed by atoms with E-state index in [9.17, 15) is 9.59 Å². The van der Waals surface area contributed by atoms with Crippen LogP contribution < -0.4 is 0 Å². The fraction of sp³-hybridized carbons (Fsp3) is 0.273. The summed E-state index contributed by atoms with van der Waals surface area (Å²) in [7, 11) is 1.41. The molecule has 1 aromatic rings. The van der Waals surface area contributed by atoms with E-state index in [-0.39, 0.29) is 5.91 Å². The van der Waals surface area contributed by atoms with Crippen LogP contribution >= 0.6 is 0 Å². The van der Waals surface area contributed by atoms with Gasteiger partial charge in [-0.25, -0.2) is 9.78 Å². The smallest absolute Gasteiger partial charge is 0.343 e. The van der Waals surface area contributed by atoms with E-state index in [1.165, 1.54) is 7.05 Å². The fourth-order valence-corrected chi connectivity index (χ4v) is 1.60. The predicted molar refractivity (Wildman–Crippen MR) is 61.7 cm³/mol. The first-order chi connectivity index (χ1) is 8.02. The molecule has 0 aromatic carbocycles. The number of hydrogen-bond donors (Lipinski definition) is 1. The average Bonchev–Trinajstić information content (AvgIpc) is 2.77. The van der Waals surface area contributed by atoms with E-state index in [1.54, 1.807) is 26.2 Å². The molecule has 1 aliphatic rings. The van der Waals surface area contributed by atoms with Gasteiger partial charge < -0.3 is 4.98 Å². The Morgan fingerprint density at radius 2 is 2.06 bits per heavy atom. The van der Waals surface area contributed by atoms with Crippen molar-refractivity contribution in [3.05, 3.63) is 29.4 Å². The molecule has 1 N–H and O–H groups in total. The van der Waals surface area contributed by atoms with Gasteiger partial charge in [0, 0.05) is 19.4 Å². The zero-order valence-corrected chi connectivity index (χ0v) is 9.81. The maximum Gasteiger partial charge on any atom is 0.350 e. The predicted octanol–water partition coefficient (Wildman–Crippen LogP) is 1.13. The van der Waals surface area contributed by atoms with Crippen LogP contribution in [0.2, 0.25) is 0 Å². The van der Waals surface area contributed by atoms with Crippen molar-refractivity contribution in [2.75, 3.05) is 7.05 Å². The average molecular weight is 232 g/mol. The lowest BCUT2D eigenvalue weighted by atomic mass is 10.0. The van der Waals surface area contributed by atoms with E-state index >= 15 is 0 Å². The van der Waals surface area contributed by atoms with Crippen LogP contribution in [0.25, 0.3) is 0 Å². The van der Waals surface area contributed by atoms with Crippen LogP contribution in [0, 0.1) is 0 Å². The Bertz CT molecular complexity index is 536. The number of imidazole rings is 1. The second-order valence-corrected chi connectivity index (χ2v) is 3.92. The molecule has 0 atom stereocenters. The topological polar surface area (TPSA) is 78.4 Å². The normalized spacial score (nSPS) is 16.3. The summed E-state index contributed by atoms with van der Waals surface area (Å²) in [4.78, 5) is 35.3. The van der Waals surface area contributed by atoms with Crippen molar-refractivity contribution >= 4 is 17.6 Å². The summed E-state index contributed by atoms with van der Waals surface area (Å²) in [5, 5.41) is 0. The summed E-state index contributed by atoms with van der Waals surface area (Å²) in [6.45, 7) is 3.60. The first-order valence-corrected chi connectivity index (χ1v) is 5.10. The molecular weight excluding hydrogens is 220 g/mol. The second-order valence-electron chi connectivity index (χ2n) is 3.92. The van der Waals surface area contributed by atoms with Gasteiger partial charge in [-0.05, 0) is 13.8 Å². The third-order valence-corrected chi connectivity index (χ3v) is 2.47. The van der Waals surface area contributed by atoms with Crippen molar-refractivity contribution in [3.8, 4) is 0 Å². The van der Waals surface area contributed by atoms with Crippen LogP contribution in [0.5, 0.6) is 0 Å². The number of hydrogen-bond acceptors (Lipinski definition) is 3. The van der Waals surface area contributed by atoms with Crippen LogP contribution in [0.1, 0.15) is 19.7 Å². The number of H-pyrrole nitrogens is 1. The van der Waals surface area contributed by atoms with E-state index in [2.05, 4.69) is 15.0 Å². The number of imide groups is 1. The summed E-state index contributed by atoms with van der Waals surface area (Å²) in [5.74, 6) is 0.0763. The number of allylic oxidation sites excluding steroid dienone is 1. The minimum atomic E-state index is -0.577. The van der Waals surface area contributed by atoms with Gasteiger partial charge in [-0.15, -0.1) is 0 Å². The van der Waals surface area contributed by atoms with Crippen LogP contribution in [-0.2, 0) is 4.79 Å². The van der Waals surface area contributed by atoms with Gasteiger partial charge in [-0.3, -0.25) is 9.69 Å². The molecule has 0 unspecified atom stereocenters. The van der Waals surface area contributed by atoms with Crippen molar-refractivity contribution < 1.29 is 9.59 Å². The summed E-state index contributed by atoms with van der Waals surface area (Å²) in [6, 6.07) is -0.577. The molecule has 2 rings (SSSR count). The first kappa shape index (κ1) is 11.3. The lowest BCUT2D eigenvalue weighted by Gasteiger charge is -2.21. The van der Waals surface area contributed by atoms with Gasteiger partial charge >= 0.3 is 6.03 Å². The van der Waals surface area contributed by atoms with Crippen molar-refractivity contribution in [1.82, 2.24) is 14.9 Å². The molecule has 2 heterocycles. The Balaban J connectivity index is 2.63. The van der Waals surface area contributed by atoms with Crippen molar-refractivity contribution in [2.45, 2.75) is 13.8 Å². The number of rotatable bonds is 1. The van der Waals surface area contributed by atoms with Gasteiger partial charge in [0.25, 0.3) is 5.91 Å². The highest BCUT2D eigenvalue weighted by molar-refractivity contribution is 6.33. The third kappa shape index (κ3) is 1.77. The summed E-state index contributed by atoms with van der Waals surface area (Å²) in [5.41, 5.74) is 1.52. The maximum absolute atomic E-state index is 12.0. The Morgan fingerprint density at radius 1 is 1.35 bits per heavy atom. The SMILES string of the molecule is CC(C)=C1C(=O)N(C)C(=O)N=C1c1ncc[nH]1.